The fourth-order valence-electron chi connectivity index (χ4n) is 3.32. The summed E-state index contributed by atoms with van der Waals surface area (Å²) in [5, 5.41) is 14.5. The van der Waals surface area contributed by atoms with Gasteiger partial charge in [0, 0.05) is 26.1 Å². The van der Waals surface area contributed by atoms with E-state index >= 15 is 0 Å². The van der Waals surface area contributed by atoms with Crippen LogP contribution in [-0.4, -0.2) is 54.2 Å². The maximum atomic E-state index is 13.6. The monoisotopic (exact) mass is 396 g/mol. The minimum atomic E-state index is -0.715. The first-order valence-electron chi connectivity index (χ1n) is 9.58. The van der Waals surface area contributed by atoms with Crippen molar-refractivity contribution in [2.75, 3.05) is 26.3 Å². The molecule has 2 aromatic carbocycles. The number of oxime groups is 1. The van der Waals surface area contributed by atoms with E-state index in [0.29, 0.717) is 26.1 Å². The molecule has 0 aromatic heterocycles. The third-order valence-corrected chi connectivity index (χ3v) is 4.56. The Bertz CT molecular complexity index is 851. The van der Waals surface area contributed by atoms with E-state index in [4.69, 9.17) is 16.0 Å². The van der Waals surface area contributed by atoms with Crippen molar-refractivity contribution in [3.05, 3.63) is 71.5 Å². The van der Waals surface area contributed by atoms with Gasteiger partial charge < -0.3 is 14.7 Å². The quantitative estimate of drug-likeness (QED) is 0.496. The van der Waals surface area contributed by atoms with E-state index < -0.39 is 6.10 Å². The maximum absolute atomic E-state index is 13.6. The highest BCUT2D eigenvalue weighted by molar-refractivity contribution is 6.01. The van der Waals surface area contributed by atoms with Crippen molar-refractivity contribution in [1.82, 2.24) is 4.90 Å². The standard InChI is InChI=1S/C23H25FN2O3/c1-2-11-28-17-21(27)15-26(14-18-7-6-10-20(24)12-18)16-22-13-23(25-29-22)19-8-4-3-5-9-19/h1,3-10,12,21-22,27H,11,13-17H2. The predicted octanol–water partition coefficient (Wildman–Crippen LogP) is 2.83. The van der Waals surface area contributed by atoms with Gasteiger partial charge in [-0.3, -0.25) is 4.90 Å². The van der Waals surface area contributed by atoms with Gasteiger partial charge in [0.2, 0.25) is 0 Å². The Balaban J connectivity index is 1.61. The van der Waals surface area contributed by atoms with Crippen molar-refractivity contribution in [2.45, 2.75) is 25.2 Å². The number of terminal acetylenes is 1. The molecule has 0 fully saturated rings. The summed E-state index contributed by atoms with van der Waals surface area (Å²) in [4.78, 5) is 7.65. The van der Waals surface area contributed by atoms with Crippen LogP contribution >= 0.6 is 0 Å². The van der Waals surface area contributed by atoms with Crippen LogP contribution in [0, 0.1) is 18.2 Å². The summed E-state index contributed by atoms with van der Waals surface area (Å²) in [5.74, 6) is 2.09. The van der Waals surface area contributed by atoms with Gasteiger partial charge in [-0.05, 0) is 23.3 Å². The van der Waals surface area contributed by atoms with E-state index in [2.05, 4.69) is 11.1 Å². The van der Waals surface area contributed by atoms with Gasteiger partial charge in [0.05, 0.1) is 18.4 Å². The smallest absolute Gasteiger partial charge is 0.145 e. The topological polar surface area (TPSA) is 54.3 Å². The first-order valence-corrected chi connectivity index (χ1v) is 9.58. The molecular formula is C23H25FN2O3. The van der Waals surface area contributed by atoms with Gasteiger partial charge in [-0.15, -0.1) is 6.42 Å². The van der Waals surface area contributed by atoms with Gasteiger partial charge in [-0.25, -0.2) is 4.39 Å². The largest absolute Gasteiger partial charge is 0.390 e. The Morgan fingerprint density at radius 2 is 2.10 bits per heavy atom. The average molecular weight is 396 g/mol. The highest BCUT2D eigenvalue weighted by Gasteiger charge is 2.25. The van der Waals surface area contributed by atoms with Crippen LogP contribution in [0.1, 0.15) is 17.5 Å². The zero-order valence-electron chi connectivity index (χ0n) is 16.2. The van der Waals surface area contributed by atoms with E-state index in [0.717, 1.165) is 16.8 Å². The zero-order valence-corrected chi connectivity index (χ0v) is 16.2. The number of rotatable bonds is 10. The number of ether oxygens (including phenoxy) is 1. The minimum absolute atomic E-state index is 0.140. The molecule has 0 aliphatic carbocycles. The number of hydrogen-bond donors (Lipinski definition) is 1. The molecule has 2 atom stereocenters. The summed E-state index contributed by atoms with van der Waals surface area (Å²) in [5.41, 5.74) is 2.76. The van der Waals surface area contributed by atoms with Crippen molar-refractivity contribution >= 4 is 5.71 Å². The van der Waals surface area contributed by atoms with Gasteiger partial charge in [-0.1, -0.05) is 53.5 Å². The molecule has 2 unspecified atom stereocenters. The summed E-state index contributed by atoms with van der Waals surface area (Å²) >= 11 is 0. The number of aliphatic hydroxyl groups is 1. The zero-order chi connectivity index (χ0) is 20.5. The van der Waals surface area contributed by atoms with E-state index in [-0.39, 0.29) is 25.1 Å². The number of benzene rings is 2. The second-order valence-electron chi connectivity index (χ2n) is 7.03. The second-order valence-corrected chi connectivity index (χ2v) is 7.03. The predicted molar refractivity (Wildman–Crippen MR) is 110 cm³/mol. The molecule has 29 heavy (non-hydrogen) atoms. The third-order valence-electron chi connectivity index (χ3n) is 4.56. The van der Waals surface area contributed by atoms with Crippen molar-refractivity contribution in [3.63, 3.8) is 0 Å². The Morgan fingerprint density at radius 3 is 2.86 bits per heavy atom. The molecule has 1 heterocycles. The fraction of sp³-hybridized carbons (Fsp3) is 0.348. The van der Waals surface area contributed by atoms with Crippen LogP contribution in [0.15, 0.2) is 59.8 Å². The molecule has 0 amide bonds. The van der Waals surface area contributed by atoms with Crippen LogP contribution in [0.5, 0.6) is 0 Å². The lowest BCUT2D eigenvalue weighted by molar-refractivity contribution is 0.00417. The molecule has 0 bridgehead atoms. The number of aliphatic hydroxyl groups excluding tert-OH is 1. The van der Waals surface area contributed by atoms with Gasteiger partial charge in [0.25, 0.3) is 0 Å². The fourth-order valence-corrected chi connectivity index (χ4v) is 3.32. The molecule has 152 valence electrons. The van der Waals surface area contributed by atoms with Crippen LogP contribution in [0.4, 0.5) is 4.39 Å². The SMILES string of the molecule is C#CCOCC(O)CN(Cc1cccc(F)c1)CC1CC(c2ccccc2)=NO1. The summed E-state index contributed by atoms with van der Waals surface area (Å²) in [6, 6.07) is 16.3. The highest BCUT2D eigenvalue weighted by Crippen LogP contribution is 2.19. The normalized spacial score (nSPS) is 16.9. The van der Waals surface area contributed by atoms with Crippen molar-refractivity contribution in [3.8, 4) is 12.3 Å². The Morgan fingerprint density at radius 1 is 1.28 bits per heavy atom. The van der Waals surface area contributed by atoms with Crippen LogP contribution in [0.25, 0.3) is 0 Å². The number of nitrogens with zero attached hydrogens (tertiary/aromatic N) is 2. The average Bonchev–Trinajstić information content (AvgIpc) is 3.17. The molecule has 3 rings (SSSR count). The number of hydrogen-bond acceptors (Lipinski definition) is 5. The van der Waals surface area contributed by atoms with Crippen LogP contribution in [0.2, 0.25) is 0 Å². The van der Waals surface area contributed by atoms with Crippen LogP contribution in [0.3, 0.4) is 0 Å². The van der Waals surface area contributed by atoms with Crippen LogP contribution < -0.4 is 0 Å². The van der Waals surface area contributed by atoms with E-state index in [1.165, 1.54) is 12.1 Å². The lowest BCUT2D eigenvalue weighted by Crippen LogP contribution is -2.39. The molecule has 1 aliphatic heterocycles. The second kappa shape index (κ2) is 10.7. The molecule has 2 aromatic rings. The molecule has 1 N–H and O–H groups in total. The summed E-state index contributed by atoms with van der Waals surface area (Å²) < 4.78 is 18.8. The molecule has 0 saturated heterocycles. The molecule has 0 spiro atoms. The Hall–Kier alpha value is -2.72. The van der Waals surface area contributed by atoms with Gasteiger partial charge in [0.15, 0.2) is 0 Å². The van der Waals surface area contributed by atoms with E-state index in [1.807, 2.05) is 41.3 Å². The van der Waals surface area contributed by atoms with Crippen molar-refractivity contribution in [2.24, 2.45) is 5.16 Å². The Labute approximate surface area is 170 Å². The molecular weight excluding hydrogens is 371 g/mol. The van der Waals surface area contributed by atoms with Gasteiger partial charge >= 0.3 is 0 Å². The lowest BCUT2D eigenvalue weighted by Gasteiger charge is -2.27. The van der Waals surface area contributed by atoms with Crippen LogP contribution in [-0.2, 0) is 16.1 Å². The van der Waals surface area contributed by atoms with Crippen molar-refractivity contribution < 1.29 is 19.1 Å². The lowest BCUT2D eigenvalue weighted by atomic mass is 10.0. The molecule has 0 saturated carbocycles. The first-order chi connectivity index (χ1) is 14.1. The summed E-state index contributed by atoms with van der Waals surface area (Å²) in [6.45, 7) is 1.66. The van der Waals surface area contributed by atoms with Gasteiger partial charge in [-0.2, -0.15) is 0 Å². The highest BCUT2D eigenvalue weighted by atomic mass is 19.1. The number of halogens is 1. The molecule has 1 aliphatic rings. The molecule has 5 nitrogen and oxygen atoms in total. The maximum Gasteiger partial charge on any atom is 0.145 e. The van der Waals surface area contributed by atoms with Gasteiger partial charge in [0.1, 0.15) is 18.5 Å². The first kappa shape index (κ1) is 21.0. The van der Waals surface area contributed by atoms with E-state index in [1.54, 1.807) is 6.07 Å². The molecule has 6 heteroatoms. The summed E-state index contributed by atoms with van der Waals surface area (Å²) in [7, 11) is 0. The third kappa shape index (κ3) is 6.68. The molecule has 0 radical (unpaired) electrons. The van der Waals surface area contributed by atoms with E-state index in [9.17, 15) is 9.50 Å². The summed E-state index contributed by atoms with van der Waals surface area (Å²) in [6.07, 6.45) is 4.99. The Kier molecular flexibility index (Phi) is 7.77. The minimum Gasteiger partial charge on any atom is -0.390 e. The van der Waals surface area contributed by atoms with Crippen molar-refractivity contribution in [1.29, 1.82) is 0 Å².